The maximum absolute atomic E-state index is 13.6. The molecule has 4 saturated carbocycles. The molecule has 1 atom stereocenters. The van der Waals surface area contributed by atoms with E-state index >= 15 is 0 Å². The van der Waals surface area contributed by atoms with Crippen molar-refractivity contribution in [3.63, 3.8) is 0 Å². The lowest BCUT2D eigenvalue weighted by molar-refractivity contribution is -0.167. The molecule has 0 bridgehead atoms. The van der Waals surface area contributed by atoms with Crippen LogP contribution in [0.25, 0.3) is 21.8 Å². The van der Waals surface area contributed by atoms with Gasteiger partial charge in [-0.1, -0.05) is 78.9 Å². The Morgan fingerprint density at radius 3 is 1.34 bits per heavy atom. The summed E-state index contributed by atoms with van der Waals surface area (Å²) in [6.45, 7) is 9.81. The van der Waals surface area contributed by atoms with Gasteiger partial charge in [0.15, 0.2) is 11.4 Å². The summed E-state index contributed by atoms with van der Waals surface area (Å²) in [7, 11) is 0. The number of hydrogen-bond acceptors (Lipinski definition) is 7. The minimum Gasteiger partial charge on any atom is -0.481 e. The number of aromatic nitrogens is 4. The van der Waals surface area contributed by atoms with E-state index in [1.165, 1.54) is 24.3 Å². The predicted octanol–water partition coefficient (Wildman–Crippen LogP) is 13.4. The molecule has 2 spiro atoms. The Hall–Kier alpha value is -7.50. The summed E-state index contributed by atoms with van der Waals surface area (Å²) in [6.07, 6.45) is -2.35. The summed E-state index contributed by atoms with van der Waals surface area (Å²) in [5.74, 6) is -1.85. The highest BCUT2D eigenvalue weighted by Crippen LogP contribution is 2.60. The number of carbonyl (C=O) groups excluding carboxylic acids is 3. The van der Waals surface area contributed by atoms with Crippen molar-refractivity contribution in [1.82, 2.24) is 30.2 Å². The van der Waals surface area contributed by atoms with E-state index in [0.717, 1.165) is 90.5 Å². The number of ether oxygens (including phenoxy) is 1. The monoisotopic (exact) mass is 1100 g/mol. The smallest absolute Gasteiger partial charge is 0.416 e. The molecule has 4 aliphatic rings. The number of hydrogen-bond donors (Lipinski definition) is 3. The standard InChI is InChI=1S/C35H36F3N3O3.C27H28F3N3O3/c1-21(2)41-29-11-7-10-25(16-23-12-14-27(15-13-23)35(36,37)38)30(29)31(40-41)32(42)39-28-19-34(20-28)17-26(18-34)33(43)44-22(3)24-8-5-4-6-9-24;1-15(2)33-21-5-3-4-17(10-16-6-8-19(9-7-16)27(28,29)30)22(21)23(32-33)24(34)31-20-13-26(14-20)11-18(12-26)25(35)36/h4-15,21-22,26,28H,16-20H2,1-3H3,(H,39,42);3-9,15,18,20H,10-14H2,1-2H3,(H,31,34)(H,35,36)/t22-,26?,28?,34?;/m0./s1. The van der Waals surface area contributed by atoms with E-state index in [9.17, 15) is 45.5 Å². The fourth-order valence-corrected chi connectivity index (χ4v) is 12.7. The molecule has 3 N–H and O–H groups in total. The van der Waals surface area contributed by atoms with Gasteiger partial charge in [0.2, 0.25) is 0 Å². The number of nitrogens with zero attached hydrogens (tertiary/aromatic N) is 4. The van der Waals surface area contributed by atoms with Crippen LogP contribution < -0.4 is 10.6 Å². The molecule has 80 heavy (non-hydrogen) atoms. The molecular formula is C62H64F6N6O6. The third-order valence-corrected chi connectivity index (χ3v) is 16.8. The number of fused-ring (bicyclic) bond motifs is 2. The molecule has 7 aromatic rings. The quantitative estimate of drug-likeness (QED) is 0.0717. The first kappa shape index (κ1) is 55.8. The van der Waals surface area contributed by atoms with Gasteiger partial charge in [-0.3, -0.25) is 28.5 Å². The van der Waals surface area contributed by atoms with E-state index in [4.69, 9.17) is 14.9 Å². The van der Waals surface area contributed by atoms with Gasteiger partial charge in [-0.15, -0.1) is 0 Å². The van der Waals surface area contributed by atoms with Gasteiger partial charge >= 0.3 is 24.3 Å². The molecule has 4 fully saturated rings. The summed E-state index contributed by atoms with van der Waals surface area (Å²) in [5, 5.41) is 26.1. The van der Waals surface area contributed by atoms with Crippen molar-refractivity contribution in [1.29, 1.82) is 0 Å². The predicted molar refractivity (Wildman–Crippen MR) is 289 cm³/mol. The van der Waals surface area contributed by atoms with Gasteiger partial charge in [-0.25, -0.2) is 0 Å². The first-order chi connectivity index (χ1) is 37.9. The number of carbonyl (C=O) groups is 4. The fraction of sp³-hybridized carbons (Fsp3) is 0.419. The SMILES string of the molecule is CC(C)n1nc(C(=O)NC2CC3(C2)CC(C(=O)O)C3)c2c(Cc3ccc(C(F)(F)F)cc3)cccc21.CC(C)n1nc(C(=O)NC2CC3(C2)CC(C(=O)O[C@@H](C)c2ccccc2)C3)c2c(Cc3ccc(C(F)(F)F)cc3)cccc21. The number of aliphatic carboxylic acids is 1. The van der Waals surface area contributed by atoms with Crippen molar-refractivity contribution < 1.29 is 55.4 Å². The number of carboxylic acid groups (broad SMARTS) is 1. The Balaban J connectivity index is 0.000000184. The van der Waals surface area contributed by atoms with Gasteiger partial charge in [0.05, 0.1) is 34.0 Å². The number of rotatable bonds is 14. The third-order valence-electron chi connectivity index (χ3n) is 16.8. The maximum Gasteiger partial charge on any atom is 0.416 e. The molecule has 18 heteroatoms. The zero-order valence-corrected chi connectivity index (χ0v) is 45.1. The number of carboxylic acids is 1. The first-order valence-corrected chi connectivity index (χ1v) is 27.3. The summed E-state index contributed by atoms with van der Waals surface area (Å²) >= 11 is 0. The second-order valence-electron chi connectivity index (χ2n) is 23.3. The summed E-state index contributed by atoms with van der Waals surface area (Å²) in [6, 6.07) is 31.2. The average Bonchev–Trinajstić information content (AvgIpc) is 3.96. The van der Waals surface area contributed by atoms with Crippen LogP contribution in [0.4, 0.5) is 26.3 Å². The van der Waals surface area contributed by atoms with Crippen LogP contribution >= 0.6 is 0 Å². The second-order valence-corrected chi connectivity index (χ2v) is 23.3. The number of nitrogens with one attached hydrogen (secondary N) is 2. The molecule has 11 rings (SSSR count). The second kappa shape index (κ2) is 21.5. The summed E-state index contributed by atoms with van der Waals surface area (Å²) in [5.41, 5.74) is 4.98. The minimum atomic E-state index is -4.40. The van der Waals surface area contributed by atoms with Crippen molar-refractivity contribution in [2.45, 2.75) is 141 Å². The topological polar surface area (TPSA) is 157 Å². The van der Waals surface area contributed by atoms with Crippen LogP contribution in [0.2, 0.25) is 0 Å². The Kier molecular flexibility index (Phi) is 15.0. The molecular weight excluding hydrogens is 1040 g/mol. The molecule has 0 radical (unpaired) electrons. The molecule has 0 aliphatic heterocycles. The van der Waals surface area contributed by atoms with Crippen LogP contribution in [-0.4, -0.2) is 60.5 Å². The van der Waals surface area contributed by atoms with Gasteiger partial charge in [0, 0.05) is 34.9 Å². The fourth-order valence-electron chi connectivity index (χ4n) is 12.7. The third kappa shape index (κ3) is 11.4. The van der Waals surface area contributed by atoms with Crippen LogP contribution in [0, 0.1) is 22.7 Å². The number of halogens is 6. The van der Waals surface area contributed by atoms with Gasteiger partial charge < -0.3 is 20.5 Å². The normalized spacial score (nSPS) is 22.7. The number of esters is 1. The molecule has 0 saturated heterocycles. The lowest BCUT2D eigenvalue weighted by Gasteiger charge is -2.57. The Morgan fingerprint density at radius 2 is 0.963 bits per heavy atom. The van der Waals surface area contributed by atoms with Crippen LogP contribution in [-0.2, 0) is 39.5 Å². The summed E-state index contributed by atoms with van der Waals surface area (Å²) < 4.78 is 87.4. The van der Waals surface area contributed by atoms with E-state index in [0.29, 0.717) is 59.0 Å². The highest BCUT2D eigenvalue weighted by molar-refractivity contribution is 6.07. The molecule has 12 nitrogen and oxygen atoms in total. The lowest BCUT2D eigenvalue weighted by Crippen LogP contribution is -2.57. The molecule has 4 aliphatic carbocycles. The Morgan fingerprint density at radius 1 is 0.562 bits per heavy atom. The van der Waals surface area contributed by atoms with E-state index in [-0.39, 0.29) is 70.7 Å². The minimum absolute atomic E-state index is 0.00335. The highest BCUT2D eigenvalue weighted by atomic mass is 19.4. The van der Waals surface area contributed by atoms with Crippen molar-refractivity contribution in [2.75, 3.05) is 0 Å². The van der Waals surface area contributed by atoms with Gasteiger partial charge in [0.1, 0.15) is 6.10 Å². The zero-order chi connectivity index (χ0) is 57.1. The molecule has 2 amide bonds. The van der Waals surface area contributed by atoms with Crippen LogP contribution in [0.3, 0.4) is 0 Å². The summed E-state index contributed by atoms with van der Waals surface area (Å²) in [4.78, 5) is 50.8. The molecule has 2 heterocycles. The van der Waals surface area contributed by atoms with E-state index in [2.05, 4.69) is 15.7 Å². The van der Waals surface area contributed by atoms with Gasteiger partial charge in [-0.2, -0.15) is 36.5 Å². The lowest BCUT2D eigenvalue weighted by atomic mass is 9.50. The van der Waals surface area contributed by atoms with E-state index in [1.54, 1.807) is 4.68 Å². The molecule has 2 aromatic heterocycles. The maximum atomic E-state index is 13.6. The Bertz CT molecular complexity index is 3430. The van der Waals surface area contributed by atoms with Gasteiger partial charge in [0.25, 0.3) is 11.8 Å². The number of amides is 2. The van der Waals surface area contributed by atoms with Crippen molar-refractivity contribution in [2.24, 2.45) is 22.7 Å². The molecule has 5 aromatic carbocycles. The van der Waals surface area contributed by atoms with Crippen molar-refractivity contribution in [3.05, 3.63) is 166 Å². The molecule has 420 valence electrons. The average molecular weight is 1100 g/mol. The zero-order valence-electron chi connectivity index (χ0n) is 45.1. The van der Waals surface area contributed by atoms with Gasteiger partial charge in [-0.05, 0) is 174 Å². The van der Waals surface area contributed by atoms with E-state index in [1.807, 2.05) is 106 Å². The number of alkyl halides is 6. The Labute approximate surface area is 459 Å². The largest absolute Gasteiger partial charge is 0.481 e. The van der Waals surface area contributed by atoms with Crippen LogP contribution in [0.15, 0.2) is 115 Å². The first-order valence-electron chi connectivity index (χ1n) is 27.3. The highest BCUT2D eigenvalue weighted by Gasteiger charge is 2.57. The van der Waals surface area contributed by atoms with Crippen LogP contribution in [0.1, 0.15) is 164 Å². The van der Waals surface area contributed by atoms with E-state index < -0.39 is 29.4 Å². The van der Waals surface area contributed by atoms with Crippen LogP contribution in [0.5, 0.6) is 0 Å². The van der Waals surface area contributed by atoms with Crippen molar-refractivity contribution in [3.8, 4) is 0 Å². The molecule has 0 unspecified atom stereocenters. The number of benzene rings is 5. The van der Waals surface area contributed by atoms with Crippen molar-refractivity contribution >= 4 is 45.6 Å².